The van der Waals surface area contributed by atoms with E-state index in [1.54, 1.807) is 37.3 Å². The van der Waals surface area contributed by atoms with Crippen molar-refractivity contribution in [3.8, 4) is 0 Å². The first-order chi connectivity index (χ1) is 11.1. The first-order valence-electron chi connectivity index (χ1n) is 6.92. The maximum absolute atomic E-state index is 13.4. The van der Waals surface area contributed by atoms with E-state index < -0.39 is 17.7 Å². The van der Waals surface area contributed by atoms with Gasteiger partial charge in [-0.15, -0.1) is 11.8 Å². The van der Waals surface area contributed by atoms with E-state index >= 15 is 0 Å². The Hall–Kier alpha value is -2.28. The number of amides is 1. The average molecular weight is 337 g/mol. The Bertz CT molecular complexity index is 660. The molecule has 1 N–H and O–H groups in total. The Morgan fingerprint density at radius 3 is 2.78 bits per heavy atom. The van der Waals surface area contributed by atoms with Gasteiger partial charge in [-0.3, -0.25) is 9.59 Å². The molecule has 0 radical (unpaired) electrons. The maximum atomic E-state index is 13.4. The van der Waals surface area contributed by atoms with Gasteiger partial charge in [0, 0.05) is 4.90 Å². The monoisotopic (exact) mass is 337 g/mol. The normalized spacial score (nSPS) is 11.7. The molecular weight excluding hydrogens is 321 g/mol. The largest absolute Gasteiger partial charge is 0.467 e. The van der Waals surface area contributed by atoms with Crippen molar-refractivity contribution < 1.29 is 23.1 Å². The predicted molar refractivity (Wildman–Crippen MR) is 83.3 cm³/mol. The van der Waals surface area contributed by atoms with Gasteiger partial charge < -0.3 is 14.5 Å². The third-order valence-corrected chi connectivity index (χ3v) is 3.92. The van der Waals surface area contributed by atoms with Gasteiger partial charge in [0.2, 0.25) is 0 Å². The number of thioether (sulfide) groups is 1. The molecule has 0 fully saturated rings. The van der Waals surface area contributed by atoms with Gasteiger partial charge in [0.05, 0.1) is 18.1 Å². The molecule has 0 saturated heterocycles. The van der Waals surface area contributed by atoms with Crippen LogP contribution >= 0.6 is 11.8 Å². The van der Waals surface area contributed by atoms with E-state index in [-0.39, 0.29) is 18.4 Å². The van der Waals surface area contributed by atoms with Crippen LogP contribution in [0.1, 0.15) is 18.7 Å². The molecule has 1 aromatic carbocycles. The summed E-state index contributed by atoms with van der Waals surface area (Å²) < 4.78 is 23.4. The minimum atomic E-state index is -0.584. The van der Waals surface area contributed by atoms with Crippen molar-refractivity contribution in [3.05, 3.63) is 54.2 Å². The van der Waals surface area contributed by atoms with Gasteiger partial charge in [0.25, 0.3) is 5.91 Å². The van der Waals surface area contributed by atoms with Crippen LogP contribution < -0.4 is 5.32 Å². The molecule has 1 atom stereocenters. The maximum Gasteiger partial charge on any atom is 0.316 e. The lowest BCUT2D eigenvalue weighted by molar-refractivity contribution is -0.146. The summed E-state index contributed by atoms with van der Waals surface area (Å²) in [5.41, 5.74) is 0. The summed E-state index contributed by atoms with van der Waals surface area (Å²) in [6.07, 6.45) is 1.51. The molecule has 0 aliphatic rings. The van der Waals surface area contributed by atoms with E-state index in [1.165, 1.54) is 12.3 Å². The third kappa shape index (κ3) is 5.45. The van der Waals surface area contributed by atoms with Crippen LogP contribution in [-0.4, -0.2) is 24.2 Å². The van der Waals surface area contributed by atoms with Gasteiger partial charge >= 0.3 is 5.97 Å². The minimum absolute atomic E-state index is 0.0675. The Morgan fingerprint density at radius 2 is 2.09 bits per heavy atom. The number of ether oxygens (including phenoxy) is 1. The second-order valence-electron chi connectivity index (χ2n) is 4.68. The van der Waals surface area contributed by atoms with Crippen LogP contribution in [-0.2, 0) is 14.3 Å². The number of hydrogen-bond donors (Lipinski definition) is 1. The van der Waals surface area contributed by atoms with Gasteiger partial charge in [0.1, 0.15) is 11.6 Å². The van der Waals surface area contributed by atoms with E-state index in [4.69, 9.17) is 9.15 Å². The topological polar surface area (TPSA) is 68.5 Å². The molecule has 1 aromatic heterocycles. The Morgan fingerprint density at radius 1 is 1.30 bits per heavy atom. The summed E-state index contributed by atoms with van der Waals surface area (Å²) >= 11 is 1.02. The van der Waals surface area contributed by atoms with Gasteiger partial charge in [-0.25, -0.2) is 4.39 Å². The lowest BCUT2D eigenvalue weighted by Gasteiger charge is -2.11. The van der Waals surface area contributed by atoms with Gasteiger partial charge in [-0.05, 0) is 31.2 Å². The van der Waals surface area contributed by atoms with Crippen molar-refractivity contribution in [2.75, 3.05) is 12.4 Å². The number of benzene rings is 1. The summed E-state index contributed by atoms with van der Waals surface area (Å²) in [4.78, 5) is 23.6. The van der Waals surface area contributed by atoms with Crippen molar-refractivity contribution in [1.82, 2.24) is 5.32 Å². The Balaban J connectivity index is 1.70. The fraction of sp³-hybridized carbons (Fsp3) is 0.250. The number of hydrogen-bond acceptors (Lipinski definition) is 5. The van der Waals surface area contributed by atoms with Crippen LogP contribution in [0.5, 0.6) is 0 Å². The first kappa shape index (κ1) is 17.1. The number of esters is 1. The highest BCUT2D eigenvalue weighted by molar-refractivity contribution is 8.00. The summed E-state index contributed by atoms with van der Waals surface area (Å²) in [6, 6.07) is 9.29. The summed E-state index contributed by atoms with van der Waals surface area (Å²) in [7, 11) is 0. The molecule has 0 aliphatic heterocycles. The number of halogens is 1. The third-order valence-electron chi connectivity index (χ3n) is 2.89. The number of rotatable bonds is 7. The van der Waals surface area contributed by atoms with Crippen LogP contribution in [0, 0.1) is 5.82 Å². The highest BCUT2D eigenvalue weighted by atomic mass is 32.2. The molecule has 0 saturated carbocycles. The smallest absolute Gasteiger partial charge is 0.316 e. The summed E-state index contributed by atoms with van der Waals surface area (Å²) in [5.74, 6) is -0.866. The number of carbonyl (C=O) groups is 2. The van der Waals surface area contributed by atoms with Gasteiger partial charge in [-0.2, -0.15) is 0 Å². The zero-order valence-electron chi connectivity index (χ0n) is 12.5. The number of nitrogens with one attached hydrogen (secondary N) is 1. The zero-order chi connectivity index (χ0) is 16.7. The molecule has 0 spiro atoms. The molecule has 1 heterocycles. The molecule has 5 nitrogen and oxygen atoms in total. The molecule has 0 unspecified atom stereocenters. The van der Waals surface area contributed by atoms with Crippen LogP contribution in [0.4, 0.5) is 4.39 Å². The molecular formula is C16H16FNO4S. The van der Waals surface area contributed by atoms with Crippen molar-refractivity contribution >= 4 is 23.6 Å². The van der Waals surface area contributed by atoms with Gasteiger partial charge in [-0.1, -0.05) is 12.1 Å². The summed E-state index contributed by atoms with van der Waals surface area (Å²) in [5, 5.41) is 2.64. The highest BCUT2D eigenvalue weighted by Crippen LogP contribution is 2.21. The van der Waals surface area contributed by atoms with Gasteiger partial charge in [0.15, 0.2) is 6.61 Å². The molecule has 7 heteroatoms. The molecule has 2 aromatic rings. The van der Waals surface area contributed by atoms with Crippen LogP contribution in [0.3, 0.4) is 0 Å². The summed E-state index contributed by atoms with van der Waals surface area (Å²) in [6.45, 7) is 1.37. The van der Waals surface area contributed by atoms with Crippen LogP contribution in [0.15, 0.2) is 52.0 Å². The first-order valence-corrected chi connectivity index (χ1v) is 7.90. The lowest BCUT2D eigenvalue weighted by atomic mass is 10.2. The SMILES string of the molecule is C[C@H](NC(=O)COC(=O)CSc1ccccc1F)c1ccco1. The molecule has 0 aliphatic carbocycles. The fourth-order valence-corrected chi connectivity index (χ4v) is 2.52. The number of furan rings is 1. The molecule has 2 rings (SSSR count). The minimum Gasteiger partial charge on any atom is -0.467 e. The molecule has 122 valence electrons. The fourth-order valence-electron chi connectivity index (χ4n) is 1.78. The Kier molecular flexibility index (Phi) is 6.22. The lowest BCUT2D eigenvalue weighted by Crippen LogP contribution is -2.31. The highest BCUT2D eigenvalue weighted by Gasteiger charge is 2.14. The second kappa shape index (κ2) is 8.38. The van der Waals surface area contributed by atoms with E-state index in [0.717, 1.165) is 11.8 Å². The van der Waals surface area contributed by atoms with E-state index in [1.807, 2.05) is 0 Å². The van der Waals surface area contributed by atoms with E-state index in [2.05, 4.69) is 5.32 Å². The second-order valence-corrected chi connectivity index (χ2v) is 5.70. The van der Waals surface area contributed by atoms with Crippen LogP contribution in [0.25, 0.3) is 0 Å². The number of carbonyl (C=O) groups excluding carboxylic acids is 2. The molecule has 1 amide bonds. The van der Waals surface area contributed by atoms with Crippen LogP contribution in [0.2, 0.25) is 0 Å². The van der Waals surface area contributed by atoms with Crippen molar-refractivity contribution in [2.45, 2.75) is 17.9 Å². The zero-order valence-corrected chi connectivity index (χ0v) is 13.3. The molecule has 23 heavy (non-hydrogen) atoms. The standard InChI is InChI=1S/C16H16FNO4S/c1-11(13-6-4-8-21-13)18-15(19)9-22-16(20)10-23-14-7-3-2-5-12(14)17/h2-8,11H,9-10H2,1H3,(H,18,19)/t11-/m0/s1. The predicted octanol–water partition coefficient (Wildman–Crippen LogP) is 2.93. The van der Waals surface area contributed by atoms with E-state index in [0.29, 0.717) is 10.7 Å². The van der Waals surface area contributed by atoms with E-state index in [9.17, 15) is 14.0 Å². The van der Waals surface area contributed by atoms with Crippen molar-refractivity contribution in [3.63, 3.8) is 0 Å². The van der Waals surface area contributed by atoms with Crippen molar-refractivity contribution in [1.29, 1.82) is 0 Å². The van der Waals surface area contributed by atoms with Crippen molar-refractivity contribution in [2.24, 2.45) is 0 Å². The average Bonchev–Trinajstić information content (AvgIpc) is 3.06. The Labute approximate surface area is 137 Å². The molecule has 0 bridgehead atoms. The quantitative estimate of drug-likeness (QED) is 0.621.